The second kappa shape index (κ2) is 4.84. The lowest BCUT2D eigenvalue weighted by atomic mass is 9.89. The first kappa shape index (κ1) is 13.0. The van der Waals surface area contributed by atoms with Crippen LogP contribution in [0.25, 0.3) is 0 Å². The van der Waals surface area contributed by atoms with Gasteiger partial charge in [-0.25, -0.2) is 0 Å². The van der Waals surface area contributed by atoms with Gasteiger partial charge in [-0.1, -0.05) is 15.9 Å². The highest BCUT2D eigenvalue weighted by Gasteiger charge is 2.28. The SMILES string of the molecule is COc1ccc(Br)cc1C(C)(N)CC(=O)O. The highest BCUT2D eigenvalue weighted by Crippen LogP contribution is 2.32. The number of hydrogen-bond donors (Lipinski definition) is 2. The monoisotopic (exact) mass is 287 g/mol. The summed E-state index contributed by atoms with van der Waals surface area (Å²) < 4.78 is 6.01. The van der Waals surface area contributed by atoms with Gasteiger partial charge in [0.25, 0.3) is 0 Å². The summed E-state index contributed by atoms with van der Waals surface area (Å²) in [5.41, 5.74) is 5.72. The van der Waals surface area contributed by atoms with Crippen molar-refractivity contribution in [2.75, 3.05) is 7.11 Å². The third kappa shape index (κ3) is 2.96. The Morgan fingerprint density at radius 3 is 2.75 bits per heavy atom. The summed E-state index contributed by atoms with van der Waals surface area (Å²) in [4.78, 5) is 10.7. The maximum Gasteiger partial charge on any atom is 0.305 e. The minimum Gasteiger partial charge on any atom is -0.496 e. The highest BCUT2D eigenvalue weighted by molar-refractivity contribution is 9.10. The summed E-state index contributed by atoms with van der Waals surface area (Å²) in [6.45, 7) is 1.67. The molecule has 0 heterocycles. The van der Waals surface area contributed by atoms with Crippen molar-refractivity contribution in [3.8, 4) is 5.75 Å². The predicted molar refractivity (Wildman–Crippen MR) is 64.5 cm³/mol. The van der Waals surface area contributed by atoms with E-state index in [1.807, 2.05) is 6.07 Å². The number of benzene rings is 1. The number of carboxylic acids is 1. The maximum atomic E-state index is 10.7. The van der Waals surface area contributed by atoms with Crippen LogP contribution >= 0.6 is 15.9 Å². The Labute approximate surface area is 103 Å². The second-order valence-electron chi connectivity index (χ2n) is 3.83. The Morgan fingerprint density at radius 1 is 1.62 bits per heavy atom. The third-order valence-corrected chi connectivity index (χ3v) is 2.79. The fourth-order valence-electron chi connectivity index (χ4n) is 1.54. The third-order valence-electron chi connectivity index (χ3n) is 2.30. The van der Waals surface area contributed by atoms with Gasteiger partial charge < -0.3 is 15.6 Å². The molecule has 1 aromatic rings. The molecule has 88 valence electrons. The van der Waals surface area contributed by atoms with E-state index in [9.17, 15) is 4.79 Å². The Kier molecular flexibility index (Phi) is 3.93. The number of carboxylic acid groups (broad SMARTS) is 1. The highest BCUT2D eigenvalue weighted by atomic mass is 79.9. The van der Waals surface area contributed by atoms with Crippen molar-refractivity contribution >= 4 is 21.9 Å². The molecule has 1 aromatic carbocycles. The number of methoxy groups -OCH3 is 1. The molecule has 0 spiro atoms. The summed E-state index contributed by atoms with van der Waals surface area (Å²) in [7, 11) is 1.53. The van der Waals surface area contributed by atoms with Gasteiger partial charge in [0, 0.05) is 10.0 Å². The number of rotatable bonds is 4. The van der Waals surface area contributed by atoms with E-state index in [1.54, 1.807) is 19.1 Å². The van der Waals surface area contributed by atoms with Crippen LogP contribution < -0.4 is 10.5 Å². The molecule has 16 heavy (non-hydrogen) atoms. The lowest BCUT2D eigenvalue weighted by Crippen LogP contribution is -2.36. The molecule has 0 saturated heterocycles. The van der Waals surface area contributed by atoms with Crippen molar-refractivity contribution in [1.82, 2.24) is 0 Å². The maximum absolute atomic E-state index is 10.7. The lowest BCUT2D eigenvalue weighted by molar-refractivity contribution is -0.138. The fraction of sp³-hybridized carbons (Fsp3) is 0.364. The standard InChI is InChI=1S/C11H14BrNO3/c1-11(13,6-10(14)15)8-5-7(12)3-4-9(8)16-2/h3-5H,6,13H2,1-2H3,(H,14,15). The number of halogens is 1. The van der Waals surface area contributed by atoms with Crippen LogP contribution in [-0.4, -0.2) is 18.2 Å². The molecule has 5 heteroatoms. The van der Waals surface area contributed by atoms with E-state index in [0.29, 0.717) is 11.3 Å². The molecule has 0 aliphatic rings. The van der Waals surface area contributed by atoms with Crippen molar-refractivity contribution in [3.05, 3.63) is 28.2 Å². The van der Waals surface area contributed by atoms with Crippen LogP contribution in [0.4, 0.5) is 0 Å². The zero-order chi connectivity index (χ0) is 12.3. The van der Waals surface area contributed by atoms with Gasteiger partial charge in [0.1, 0.15) is 5.75 Å². The van der Waals surface area contributed by atoms with Crippen LogP contribution in [0, 0.1) is 0 Å². The van der Waals surface area contributed by atoms with Crippen LogP contribution in [0.2, 0.25) is 0 Å². The predicted octanol–water partition coefficient (Wildman–Crippen LogP) is 2.11. The van der Waals surface area contributed by atoms with Gasteiger partial charge in [-0.3, -0.25) is 4.79 Å². The molecule has 0 aliphatic heterocycles. The second-order valence-corrected chi connectivity index (χ2v) is 4.75. The zero-order valence-electron chi connectivity index (χ0n) is 9.16. The van der Waals surface area contributed by atoms with Crippen molar-refractivity contribution in [2.45, 2.75) is 18.9 Å². The largest absolute Gasteiger partial charge is 0.496 e. The number of hydrogen-bond acceptors (Lipinski definition) is 3. The molecule has 3 N–H and O–H groups in total. The first-order valence-electron chi connectivity index (χ1n) is 4.71. The first-order valence-corrected chi connectivity index (χ1v) is 5.51. The van der Waals surface area contributed by atoms with Gasteiger partial charge >= 0.3 is 5.97 Å². The topological polar surface area (TPSA) is 72.5 Å². The zero-order valence-corrected chi connectivity index (χ0v) is 10.7. The van der Waals surface area contributed by atoms with Crippen molar-refractivity contribution in [3.63, 3.8) is 0 Å². The Morgan fingerprint density at radius 2 is 2.25 bits per heavy atom. The number of ether oxygens (including phenoxy) is 1. The van der Waals surface area contributed by atoms with E-state index in [0.717, 1.165) is 4.47 Å². The molecule has 4 nitrogen and oxygen atoms in total. The number of aliphatic carboxylic acids is 1. The fourth-order valence-corrected chi connectivity index (χ4v) is 1.90. The Bertz CT molecular complexity index is 404. The normalized spacial score (nSPS) is 14.2. The number of nitrogens with two attached hydrogens (primary N) is 1. The van der Waals surface area contributed by atoms with Crippen LogP contribution in [0.3, 0.4) is 0 Å². The molecular formula is C11H14BrNO3. The molecule has 0 aliphatic carbocycles. The van der Waals surface area contributed by atoms with Gasteiger partial charge in [0.05, 0.1) is 19.1 Å². The molecule has 0 fully saturated rings. The van der Waals surface area contributed by atoms with Crippen LogP contribution in [0.1, 0.15) is 18.9 Å². The van der Waals surface area contributed by atoms with Gasteiger partial charge in [0.2, 0.25) is 0 Å². The quantitative estimate of drug-likeness (QED) is 0.890. The minimum atomic E-state index is -0.957. The van der Waals surface area contributed by atoms with E-state index in [2.05, 4.69) is 15.9 Å². The van der Waals surface area contributed by atoms with Crippen LogP contribution in [0.5, 0.6) is 5.75 Å². The smallest absolute Gasteiger partial charge is 0.305 e. The molecule has 1 atom stereocenters. The van der Waals surface area contributed by atoms with Gasteiger partial charge in [-0.2, -0.15) is 0 Å². The van der Waals surface area contributed by atoms with Gasteiger partial charge in [0.15, 0.2) is 0 Å². The Balaban J connectivity index is 3.18. The molecule has 1 unspecified atom stereocenters. The lowest BCUT2D eigenvalue weighted by Gasteiger charge is -2.25. The van der Waals surface area contributed by atoms with E-state index in [4.69, 9.17) is 15.6 Å². The van der Waals surface area contributed by atoms with E-state index in [-0.39, 0.29) is 6.42 Å². The van der Waals surface area contributed by atoms with Crippen molar-refractivity contribution in [2.24, 2.45) is 5.73 Å². The van der Waals surface area contributed by atoms with Crippen molar-refractivity contribution in [1.29, 1.82) is 0 Å². The van der Waals surface area contributed by atoms with E-state index in [1.165, 1.54) is 7.11 Å². The van der Waals surface area contributed by atoms with Crippen LogP contribution in [0.15, 0.2) is 22.7 Å². The van der Waals surface area contributed by atoms with Crippen LogP contribution in [-0.2, 0) is 10.3 Å². The molecule has 0 amide bonds. The Hall–Kier alpha value is -1.07. The number of carbonyl (C=O) groups is 1. The first-order chi connectivity index (χ1) is 7.36. The molecule has 0 aromatic heterocycles. The summed E-state index contributed by atoms with van der Waals surface area (Å²) in [6.07, 6.45) is -0.153. The molecular weight excluding hydrogens is 274 g/mol. The average Bonchev–Trinajstić information content (AvgIpc) is 2.15. The minimum absolute atomic E-state index is 0.153. The van der Waals surface area contributed by atoms with E-state index >= 15 is 0 Å². The molecule has 0 saturated carbocycles. The molecule has 0 bridgehead atoms. The van der Waals surface area contributed by atoms with Gasteiger partial charge in [-0.05, 0) is 25.1 Å². The van der Waals surface area contributed by atoms with Gasteiger partial charge in [-0.15, -0.1) is 0 Å². The molecule has 1 rings (SSSR count). The average molecular weight is 288 g/mol. The summed E-state index contributed by atoms with van der Waals surface area (Å²) >= 11 is 3.33. The summed E-state index contributed by atoms with van der Waals surface area (Å²) in [5.74, 6) is -0.346. The summed E-state index contributed by atoms with van der Waals surface area (Å²) in [6, 6.07) is 5.35. The van der Waals surface area contributed by atoms with E-state index < -0.39 is 11.5 Å². The van der Waals surface area contributed by atoms with Crippen molar-refractivity contribution < 1.29 is 14.6 Å². The molecule has 0 radical (unpaired) electrons. The summed E-state index contributed by atoms with van der Waals surface area (Å²) in [5, 5.41) is 8.81.